The van der Waals surface area contributed by atoms with Crippen molar-refractivity contribution in [3.05, 3.63) is 0 Å². The van der Waals surface area contributed by atoms with Gasteiger partial charge in [0.25, 0.3) is 0 Å². The molecule has 0 aliphatic carbocycles. The molecule has 0 N–H and O–H groups in total. The maximum Gasteiger partial charge on any atom is 0.222 e. The average molecular weight is 245 g/mol. The molecule has 1 atom stereocenters. The van der Waals surface area contributed by atoms with Crippen LogP contribution in [0, 0.1) is 0 Å². The fourth-order valence-corrected chi connectivity index (χ4v) is 4.96. The lowest BCUT2D eigenvalue weighted by Gasteiger charge is -2.30. The van der Waals surface area contributed by atoms with E-state index in [1.54, 1.807) is 0 Å². The highest BCUT2D eigenvalue weighted by Crippen LogP contribution is 2.39. The molecule has 2 nitrogen and oxygen atoms in total. The van der Waals surface area contributed by atoms with Crippen LogP contribution in [0.3, 0.4) is 0 Å². The van der Waals surface area contributed by atoms with E-state index in [9.17, 15) is 4.79 Å². The zero-order valence-electron chi connectivity index (χ0n) is 9.11. The van der Waals surface area contributed by atoms with Crippen LogP contribution in [-0.4, -0.2) is 34.9 Å². The van der Waals surface area contributed by atoms with Crippen LogP contribution in [-0.2, 0) is 4.79 Å². The number of nitrogens with zero attached hydrogens (tertiary/aromatic N) is 1. The molecular formula is C11H19NOS2. The minimum absolute atomic E-state index is 0.384. The molecule has 1 amide bonds. The number of amides is 1. The van der Waals surface area contributed by atoms with Gasteiger partial charge >= 0.3 is 0 Å². The summed E-state index contributed by atoms with van der Waals surface area (Å²) in [5.74, 6) is 1.71. The summed E-state index contributed by atoms with van der Waals surface area (Å²) in [4.78, 5) is 13.5. The van der Waals surface area contributed by atoms with Crippen molar-refractivity contribution in [2.45, 2.75) is 43.8 Å². The van der Waals surface area contributed by atoms with E-state index >= 15 is 0 Å². The molecule has 0 spiro atoms. The Morgan fingerprint density at radius 3 is 2.80 bits per heavy atom. The highest BCUT2D eigenvalue weighted by Gasteiger charge is 2.20. The zero-order valence-corrected chi connectivity index (χ0v) is 10.7. The van der Waals surface area contributed by atoms with Gasteiger partial charge in [-0.3, -0.25) is 4.79 Å². The number of likely N-dealkylation sites (tertiary alicyclic amines) is 1. The molecule has 0 radical (unpaired) electrons. The first-order valence-corrected chi connectivity index (χ1v) is 8.30. The van der Waals surface area contributed by atoms with Crippen LogP contribution in [0.15, 0.2) is 0 Å². The van der Waals surface area contributed by atoms with E-state index in [-0.39, 0.29) is 0 Å². The normalized spacial score (nSPS) is 25.3. The Morgan fingerprint density at radius 2 is 2.20 bits per heavy atom. The second-order valence-corrected chi connectivity index (χ2v) is 7.10. The maximum absolute atomic E-state index is 11.5. The predicted molar refractivity (Wildman–Crippen MR) is 68.1 cm³/mol. The van der Waals surface area contributed by atoms with Crippen molar-refractivity contribution in [3.8, 4) is 0 Å². The van der Waals surface area contributed by atoms with Crippen LogP contribution >= 0.6 is 21.6 Å². The van der Waals surface area contributed by atoms with Crippen molar-refractivity contribution in [3.63, 3.8) is 0 Å². The molecule has 86 valence electrons. The molecule has 2 aliphatic heterocycles. The van der Waals surface area contributed by atoms with Gasteiger partial charge in [0.2, 0.25) is 5.91 Å². The van der Waals surface area contributed by atoms with E-state index in [0.717, 1.165) is 31.2 Å². The predicted octanol–water partition coefficient (Wildman–Crippen LogP) is 2.93. The smallest absolute Gasteiger partial charge is 0.222 e. The molecule has 2 aliphatic rings. The highest BCUT2D eigenvalue weighted by molar-refractivity contribution is 8.77. The van der Waals surface area contributed by atoms with Gasteiger partial charge in [-0.15, -0.1) is 0 Å². The van der Waals surface area contributed by atoms with Gasteiger partial charge in [-0.1, -0.05) is 28.0 Å². The van der Waals surface area contributed by atoms with Crippen LogP contribution in [0.5, 0.6) is 0 Å². The van der Waals surface area contributed by atoms with Gasteiger partial charge in [-0.05, 0) is 25.7 Å². The number of carbonyl (C=O) groups excluding carboxylic acids is 1. The van der Waals surface area contributed by atoms with Crippen molar-refractivity contribution < 1.29 is 4.79 Å². The fraction of sp³-hybridized carbons (Fsp3) is 0.909. The van der Waals surface area contributed by atoms with Crippen molar-refractivity contribution >= 4 is 27.5 Å². The number of rotatable bonds is 5. The van der Waals surface area contributed by atoms with Gasteiger partial charge in [0.15, 0.2) is 0 Å². The summed E-state index contributed by atoms with van der Waals surface area (Å²) in [6.45, 7) is 2.02. The molecular weight excluding hydrogens is 226 g/mol. The Kier molecular flexibility index (Phi) is 4.69. The van der Waals surface area contributed by atoms with E-state index in [1.807, 2.05) is 26.5 Å². The molecule has 4 heteroatoms. The largest absolute Gasteiger partial charge is 0.343 e. The third-order valence-corrected chi connectivity index (χ3v) is 6.11. The number of unbranched alkanes of at least 4 members (excludes halogenated alkanes) is 1. The third kappa shape index (κ3) is 3.59. The number of hydrogen-bond acceptors (Lipinski definition) is 3. The molecule has 0 saturated carbocycles. The SMILES string of the molecule is O=C(CCCCC1CCSS1)N1CCC1. The van der Waals surface area contributed by atoms with Crippen molar-refractivity contribution in [1.82, 2.24) is 4.90 Å². The summed E-state index contributed by atoms with van der Waals surface area (Å²) in [7, 11) is 4.05. The quantitative estimate of drug-likeness (QED) is 0.549. The van der Waals surface area contributed by atoms with E-state index in [1.165, 1.54) is 31.4 Å². The second-order valence-electron chi connectivity index (χ2n) is 4.31. The van der Waals surface area contributed by atoms with E-state index in [4.69, 9.17) is 0 Å². The minimum Gasteiger partial charge on any atom is -0.343 e. The number of hydrogen-bond donors (Lipinski definition) is 0. The molecule has 2 saturated heterocycles. The molecule has 2 heterocycles. The Labute approximate surface area is 99.9 Å². The van der Waals surface area contributed by atoms with Gasteiger partial charge in [0, 0.05) is 30.5 Å². The van der Waals surface area contributed by atoms with Crippen LogP contribution in [0.4, 0.5) is 0 Å². The first-order chi connectivity index (χ1) is 7.36. The Balaban J connectivity index is 1.48. The first kappa shape index (κ1) is 11.6. The van der Waals surface area contributed by atoms with E-state index in [0.29, 0.717) is 5.91 Å². The maximum atomic E-state index is 11.5. The van der Waals surface area contributed by atoms with Gasteiger partial charge in [-0.25, -0.2) is 0 Å². The average Bonchev–Trinajstić information content (AvgIpc) is 2.62. The van der Waals surface area contributed by atoms with Crippen LogP contribution in [0.2, 0.25) is 0 Å². The fourth-order valence-electron chi connectivity index (χ4n) is 1.94. The molecule has 1 unspecified atom stereocenters. The topological polar surface area (TPSA) is 20.3 Å². The molecule has 0 aromatic carbocycles. The van der Waals surface area contributed by atoms with Crippen molar-refractivity contribution in [2.75, 3.05) is 18.8 Å². The summed E-state index contributed by atoms with van der Waals surface area (Å²) < 4.78 is 0. The van der Waals surface area contributed by atoms with Gasteiger partial charge in [-0.2, -0.15) is 0 Å². The van der Waals surface area contributed by atoms with Crippen LogP contribution in [0.1, 0.15) is 38.5 Å². The lowest BCUT2D eigenvalue weighted by molar-refractivity contribution is -0.134. The summed E-state index contributed by atoms with van der Waals surface area (Å²) in [5.41, 5.74) is 0. The summed E-state index contributed by atoms with van der Waals surface area (Å²) in [6.07, 6.45) is 7.00. The second kappa shape index (κ2) is 6.04. The van der Waals surface area contributed by atoms with Gasteiger partial charge in [0.1, 0.15) is 0 Å². The lowest BCUT2D eigenvalue weighted by atomic mass is 10.1. The van der Waals surface area contributed by atoms with Gasteiger partial charge in [0.05, 0.1) is 0 Å². The number of carbonyl (C=O) groups is 1. The molecule has 15 heavy (non-hydrogen) atoms. The molecule has 2 rings (SSSR count). The monoisotopic (exact) mass is 245 g/mol. The lowest BCUT2D eigenvalue weighted by Crippen LogP contribution is -2.41. The molecule has 0 aromatic heterocycles. The van der Waals surface area contributed by atoms with E-state index < -0.39 is 0 Å². The van der Waals surface area contributed by atoms with Crippen molar-refractivity contribution in [2.24, 2.45) is 0 Å². The Hall–Kier alpha value is 0.170. The van der Waals surface area contributed by atoms with Crippen molar-refractivity contribution in [1.29, 1.82) is 0 Å². The summed E-state index contributed by atoms with van der Waals surface area (Å²) >= 11 is 0. The molecule has 2 fully saturated rings. The highest BCUT2D eigenvalue weighted by atomic mass is 33.1. The molecule has 0 bridgehead atoms. The molecule has 0 aromatic rings. The van der Waals surface area contributed by atoms with Crippen LogP contribution in [0.25, 0.3) is 0 Å². The third-order valence-electron chi connectivity index (χ3n) is 3.10. The first-order valence-electron chi connectivity index (χ1n) is 5.92. The summed E-state index contributed by atoms with van der Waals surface area (Å²) in [5, 5.41) is 0.870. The Morgan fingerprint density at radius 1 is 1.33 bits per heavy atom. The van der Waals surface area contributed by atoms with Crippen LogP contribution < -0.4 is 0 Å². The van der Waals surface area contributed by atoms with Gasteiger partial charge < -0.3 is 4.90 Å². The van der Waals surface area contributed by atoms with E-state index in [2.05, 4.69) is 0 Å². The zero-order chi connectivity index (χ0) is 10.5. The summed E-state index contributed by atoms with van der Waals surface area (Å²) in [6, 6.07) is 0. The Bertz CT molecular complexity index is 213. The standard InChI is InChI=1S/C11H19NOS2/c13-11(12-7-3-8-12)5-2-1-4-10-6-9-14-15-10/h10H,1-9H2. The minimum atomic E-state index is 0.384.